The first-order valence-electron chi connectivity index (χ1n) is 7.93. The normalized spacial score (nSPS) is 17.9. The molecule has 0 radical (unpaired) electrons. The number of hydrogen-bond acceptors (Lipinski definition) is 4. The first kappa shape index (κ1) is 15.5. The number of methoxy groups -OCH3 is 1. The van der Waals surface area contributed by atoms with Gasteiger partial charge in [-0.25, -0.2) is 0 Å². The minimum atomic E-state index is 0.287. The average molecular weight is 316 g/mol. The van der Waals surface area contributed by atoms with Gasteiger partial charge in [0.2, 0.25) is 0 Å². The molecule has 1 aliphatic rings. The van der Waals surface area contributed by atoms with Gasteiger partial charge >= 0.3 is 0 Å². The maximum Gasteiger partial charge on any atom is 0.124 e. The van der Waals surface area contributed by atoms with Crippen LogP contribution in [0.15, 0.2) is 36.4 Å². The summed E-state index contributed by atoms with van der Waals surface area (Å²) in [5.74, 6) is 0.982. The molecule has 1 aromatic carbocycles. The Morgan fingerprint density at radius 2 is 2.00 bits per heavy atom. The van der Waals surface area contributed by atoms with E-state index in [1.807, 2.05) is 17.4 Å². The Morgan fingerprint density at radius 3 is 2.77 bits per heavy atom. The predicted octanol–water partition coefficient (Wildman–Crippen LogP) is 3.45. The number of thiophene rings is 1. The highest BCUT2D eigenvalue weighted by Crippen LogP contribution is 2.37. The molecule has 0 saturated carbocycles. The molecule has 1 aliphatic heterocycles. The second-order valence-electron chi connectivity index (χ2n) is 5.73. The van der Waals surface area contributed by atoms with E-state index in [1.165, 1.54) is 21.7 Å². The van der Waals surface area contributed by atoms with E-state index in [0.717, 1.165) is 31.9 Å². The van der Waals surface area contributed by atoms with E-state index < -0.39 is 0 Å². The molecule has 0 amide bonds. The predicted molar refractivity (Wildman–Crippen MR) is 93.0 cm³/mol. The molecule has 1 aromatic heterocycles. The third-order valence-corrected chi connectivity index (χ3v) is 5.26. The van der Waals surface area contributed by atoms with Crippen LogP contribution in [0.25, 0.3) is 0 Å². The van der Waals surface area contributed by atoms with Gasteiger partial charge in [-0.3, -0.25) is 4.90 Å². The number of nitrogens with zero attached hydrogens (tertiary/aromatic N) is 1. The van der Waals surface area contributed by atoms with Crippen LogP contribution in [0.1, 0.15) is 27.8 Å². The van der Waals surface area contributed by atoms with Crippen molar-refractivity contribution in [1.82, 2.24) is 10.2 Å². The van der Waals surface area contributed by atoms with E-state index in [2.05, 4.69) is 47.5 Å². The molecular formula is C18H24N2OS. The number of aryl methyl sites for hydroxylation is 1. The van der Waals surface area contributed by atoms with Gasteiger partial charge in [-0.2, -0.15) is 0 Å². The van der Waals surface area contributed by atoms with Crippen molar-refractivity contribution in [2.24, 2.45) is 0 Å². The van der Waals surface area contributed by atoms with Crippen molar-refractivity contribution in [2.45, 2.75) is 19.4 Å². The van der Waals surface area contributed by atoms with Crippen LogP contribution in [0, 0.1) is 6.92 Å². The standard InChI is InChI=1S/C18H24N2OS/c1-14-8-9-17(22-14)18(20-12-5-10-19-11-13-20)15-6-3-4-7-16(15)21-2/h3-4,6-9,18-19H,5,10-13H2,1-2H3. The van der Waals surface area contributed by atoms with Crippen LogP contribution in [-0.2, 0) is 0 Å². The molecule has 1 saturated heterocycles. The lowest BCUT2D eigenvalue weighted by Gasteiger charge is -2.31. The topological polar surface area (TPSA) is 24.5 Å². The third-order valence-electron chi connectivity index (χ3n) is 4.20. The van der Waals surface area contributed by atoms with Crippen molar-refractivity contribution in [1.29, 1.82) is 0 Å². The first-order chi connectivity index (χ1) is 10.8. The van der Waals surface area contributed by atoms with Gasteiger partial charge in [0.05, 0.1) is 13.2 Å². The summed E-state index contributed by atoms with van der Waals surface area (Å²) in [4.78, 5) is 5.36. The maximum absolute atomic E-state index is 5.64. The van der Waals surface area contributed by atoms with Crippen LogP contribution >= 0.6 is 11.3 Å². The van der Waals surface area contributed by atoms with E-state index in [1.54, 1.807) is 7.11 Å². The zero-order chi connectivity index (χ0) is 15.4. The van der Waals surface area contributed by atoms with Crippen molar-refractivity contribution in [3.05, 3.63) is 51.7 Å². The lowest BCUT2D eigenvalue weighted by atomic mass is 10.0. The highest BCUT2D eigenvalue weighted by Gasteiger charge is 2.26. The van der Waals surface area contributed by atoms with Crippen molar-refractivity contribution < 1.29 is 4.74 Å². The quantitative estimate of drug-likeness (QED) is 0.935. The van der Waals surface area contributed by atoms with Gasteiger partial charge in [0, 0.05) is 35.0 Å². The second kappa shape index (κ2) is 7.27. The van der Waals surface area contributed by atoms with E-state index in [4.69, 9.17) is 4.74 Å². The van der Waals surface area contributed by atoms with E-state index in [0.29, 0.717) is 0 Å². The lowest BCUT2D eigenvalue weighted by molar-refractivity contribution is 0.239. The van der Waals surface area contributed by atoms with Crippen molar-refractivity contribution in [3.63, 3.8) is 0 Å². The first-order valence-corrected chi connectivity index (χ1v) is 8.75. The minimum Gasteiger partial charge on any atom is -0.496 e. The Morgan fingerprint density at radius 1 is 1.14 bits per heavy atom. The van der Waals surface area contributed by atoms with E-state index >= 15 is 0 Å². The van der Waals surface area contributed by atoms with Gasteiger partial charge in [-0.05, 0) is 38.1 Å². The monoisotopic (exact) mass is 316 g/mol. The largest absolute Gasteiger partial charge is 0.496 e. The molecule has 2 aromatic rings. The molecule has 4 heteroatoms. The highest BCUT2D eigenvalue weighted by molar-refractivity contribution is 7.12. The van der Waals surface area contributed by atoms with Crippen molar-refractivity contribution >= 4 is 11.3 Å². The number of rotatable bonds is 4. The van der Waals surface area contributed by atoms with Crippen LogP contribution in [0.2, 0.25) is 0 Å². The molecule has 3 rings (SSSR count). The Bertz CT molecular complexity index is 603. The van der Waals surface area contributed by atoms with E-state index in [-0.39, 0.29) is 6.04 Å². The Labute approximate surface area is 136 Å². The molecule has 22 heavy (non-hydrogen) atoms. The summed E-state index contributed by atoms with van der Waals surface area (Å²) in [6.45, 7) is 6.53. The van der Waals surface area contributed by atoms with Crippen molar-refractivity contribution in [2.75, 3.05) is 33.3 Å². The summed E-state index contributed by atoms with van der Waals surface area (Å²) in [6, 6.07) is 13.2. The Balaban J connectivity index is 2.01. The Hall–Kier alpha value is -1.36. The Kier molecular flexibility index (Phi) is 5.13. The summed E-state index contributed by atoms with van der Waals surface area (Å²) in [5, 5.41) is 3.50. The summed E-state index contributed by atoms with van der Waals surface area (Å²) in [5.41, 5.74) is 1.27. The molecule has 3 nitrogen and oxygen atoms in total. The molecule has 2 heterocycles. The smallest absolute Gasteiger partial charge is 0.124 e. The number of benzene rings is 1. The number of nitrogens with one attached hydrogen (secondary N) is 1. The number of ether oxygens (including phenoxy) is 1. The molecule has 0 bridgehead atoms. The van der Waals surface area contributed by atoms with Gasteiger partial charge in [0.15, 0.2) is 0 Å². The van der Waals surface area contributed by atoms with Gasteiger partial charge in [-0.15, -0.1) is 11.3 Å². The lowest BCUT2D eigenvalue weighted by Crippen LogP contribution is -2.32. The second-order valence-corrected chi connectivity index (χ2v) is 7.05. The van der Waals surface area contributed by atoms with Crippen molar-refractivity contribution in [3.8, 4) is 5.75 Å². The number of hydrogen-bond donors (Lipinski definition) is 1. The average Bonchev–Trinajstić information content (AvgIpc) is 2.80. The third kappa shape index (κ3) is 3.35. The fraction of sp³-hybridized carbons (Fsp3) is 0.444. The summed E-state index contributed by atoms with van der Waals surface area (Å²) in [6.07, 6.45) is 1.19. The maximum atomic E-state index is 5.64. The zero-order valence-corrected chi connectivity index (χ0v) is 14.2. The van der Waals surface area contributed by atoms with Crippen LogP contribution in [0.4, 0.5) is 0 Å². The van der Waals surface area contributed by atoms with Gasteiger partial charge in [-0.1, -0.05) is 18.2 Å². The molecule has 1 unspecified atom stereocenters. The minimum absolute atomic E-state index is 0.287. The van der Waals surface area contributed by atoms with Gasteiger partial charge < -0.3 is 10.1 Å². The highest BCUT2D eigenvalue weighted by atomic mass is 32.1. The van der Waals surface area contributed by atoms with Crippen LogP contribution in [-0.4, -0.2) is 38.2 Å². The molecule has 1 fully saturated rings. The van der Waals surface area contributed by atoms with Crippen LogP contribution in [0.5, 0.6) is 5.75 Å². The summed E-state index contributed by atoms with van der Waals surface area (Å²) < 4.78 is 5.64. The van der Waals surface area contributed by atoms with Gasteiger partial charge in [0.25, 0.3) is 0 Å². The zero-order valence-electron chi connectivity index (χ0n) is 13.3. The van der Waals surface area contributed by atoms with Gasteiger partial charge in [0.1, 0.15) is 5.75 Å². The van der Waals surface area contributed by atoms with Crippen LogP contribution < -0.4 is 10.1 Å². The molecule has 0 spiro atoms. The SMILES string of the molecule is COc1ccccc1C(c1ccc(C)s1)N1CCCNCC1. The fourth-order valence-electron chi connectivity index (χ4n) is 3.15. The molecule has 0 aliphatic carbocycles. The number of para-hydroxylation sites is 1. The van der Waals surface area contributed by atoms with Crippen LogP contribution in [0.3, 0.4) is 0 Å². The molecule has 118 valence electrons. The summed E-state index contributed by atoms with van der Waals surface area (Å²) >= 11 is 1.89. The fourth-order valence-corrected chi connectivity index (χ4v) is 4.18. The molecular weight excluding hydrogens is 292 g/mol. The molecule has 1 atom stereocenters. The molecule has 1 N–H and O–H groups in total. The van der Waals surface area contributed by atoms with E-state index in [9.17, 15) is 0 Å². The summed E-state index contributed by atoms with van der Waals surface area (Å²) in [7, 11) is 1.76.